The minimum Gasteiger partial charge on any atom is -0.419 e. The smallest absolute Gasteiger partial charge is 0.166 e. The van der Waals surface area contributed by atoms with Gasteiger partial charge in [-0.15, -0.1) is 5.10 Å². The molecule has 0 saturated carbocycles. The van der Waals surface area contributed by atoms with Gasteiger partial charge < -0.3 is 4.18 Å². The van der Waals surface area contributed by atoms with E-state index < -0.39 is 0 Å². The maximum absolute atomic E-state index is 5.15. The van der Waals surface area contributed by atoms with Crippen molar-refractivity contribution >= 4 is 18.1 Å². The van der Waals surface area contributed by atoms with Gasteiger partial charge in [0, 0.05) is 11.5 Å². The van der Waals surface area contributed by atoms with Crippen LogP contribution in [-0.4, -0.2) is 10.2 Å². The lowest BCUT2D eigenvalue weighted by Gasteiger charge is -2.06. The molecule has 0 atom stereocenters. The highest BCUT2D eigenvalue weighted by Gasteiger charge is 2.05. The zero-order valence-electron chi connectivity index (χ0n) is 5.02. The summed E-state index contributed by atoms with van der Waals surface area (Å²) in [6.45, 7) is 0. The Bertz CT molecular complexity index is 274. The van der Waals surface area contributed by atoms with Crippen LogP contribution in [0.25, 0.3) is 6.08 Å². The molecule has 50 valence electrons. The summed E-state index contributed by atoms with van der Waals surface area (Å²) in [5, 5.41) is 9.38. The first-order valence-electron chi connectivity index (χ1n) is 2.78. The molecule has 0 saturated heterocycles. The lowest BCUT2D eigenvalue weighted by atomic mass is 10.3. The van der Waals surface area contributed by atoms with E-state index in [4.69, 9.17) is 4.18 Å². The summed E-state index contributed by atoms with van der Waals surface area (Å²) in [4.78, 5) is 0. The molecule has 1 aliphatic rings. The van der Waals surface area contributed by atoms with E-state index in [0.717, 1.165) is 11.4 Å². The Kier molecular flexibility index (Phi) is 1.32. The van der Waals surface area contributed by atoms with Gasteiger partial charge in [-0.1, -0.05) is 0 Å². The van der Waals surface area contributed by atoms with Crippen molar-refractivity contribution in [2.75, 3.05) is 0 Å². The Morgan fingerprint density at radius 2 is 2.50 bits per heavy atom. The second kappa shape index (κ2) is 2.30. The standard InChI is InChI=1S/C6H4N2OS/c1-3-7-8-5-2-4-10-9-6(1)5/h1-4H. The van der Waals surface area contributed by atoms with E-state index in [-0.39, 0.29) is 0 Å². The molecule has 2 heterocycles. The monoisotopic (exact) mass is 152 g/mol. The lowest BCUT2D eigenvalue weighted by molar-refractivity contribution is 0.637. The first-order valence-corrected chi connectivity index (χ1v) is 3.59. The van der Waals surface area contributed by atoms with Gasteiger partial charge in [0.25, 0.3) is 0 Å². The highest BCUT2D eigenvalue weighted by atomic mass is 32.2. The minimum absolute atomic E-state index is 0.780. The van der Waals surface area contributed by atoms with Gasteiger partial charge in [-0.05, 0) is 6.08 Å². The molecule has 2 rings (SSSR count). The number of aromatic nitrogens is 2. The molecule has 1 aliphatic heterocycles. The number of nitrogens with zero attached hydrogens (tertiary/aromatic N) is 2. The molecule has 1 aromatic rings. The predicted molar refractivity (Wildman–Crippen MR) is 39.3 cm³/mol. The average molecular weight is 152 g/mol. The van der Waals surface area contributed by atoms with Crippen LogP contribution in [0.15, 0.2) is 17.7 Å². The Balaban J connectivity index is 2.54. The summed E-state index contributed by atoms with van der Waals surface area (Å²) in [5.41, 5.74) is 0.793. The molecule has 10 heavy (non-hydrogen) atoms. The molecule has 0 amide bonds. The fraction of sp³-hybridized carbons (Fsp3) is 0. The second-order valence-corrected chi connectivity index (χ2v) is 2.39. The molecule has 0 fully saturated rings. The van der Waals surface area contributed by atoms with E-state index in [2.05, 4.69) is 10.2 Å². The maximum Gasteiger partial charge on any atom is 0.166 e. The summed E-state index contributed by atoms with van der Waals surface area (Å²) >= 11 is 1.29. The van der Waals surface area contributed by atoms with Gasteiger partial charge >= 0.3 is 0 Å². The summed E-state index contributed by atoms with van der Waals surface area (Å²) in [5.74, 6) is 0.780. The SMILES string of the molecule is C1=Cc2nnccc2OS1. The van der Waals surface area contributed by atoms with Crippen molar-refractivity contribution in [3.05, 3.63) is 23.4 Å². The van der Waals surface area contributed by atoms with E-state index >= 15 is 0 Å². The highest BCUT2D eigenvalue weighted by Crippen LogP contribution is 2.26. The summed E-state index contributed by atoms with van der Waals surface area (Å²) in [6.07, 6.45) is 3.48. The molecular formula is C6H4N2OS. The third-order valence-corrected chi connectivity index (χ3v) is 1.65. The maximum atomic E-state index is 5.15. The van der Waals surface area contributed by atoms with E-state index in [0.29, 0.717) is 0 Å². The van der Waals surface area contributed by atoms with Gasteiger partial charge in [-0.2, -0.15) is 5.10 Å². The van der Waals surface area contributed by atoms with E-state index in [1.54, 1.807) is 12.3 Å². The summed E-state index contributed by atoms with van der Waals surface area (Å²) < 4.78 is 5.15. The third-order valence-electron chi connectivity index (χ3n) is 1.13. The van der Waals surface area contributed by atoms with Crippen LogP contribution in [-0.2, 0) is 0 Å². The number of fused-ring (bicyclic) bond motifs is 1. The van der Waals surface area contributed by atoms with E-state index in [1.165, 1.54) is 12.0 Å². The molecule has 1 aromatic heterocycles. The van der Waals surface area contributed by atoms with Crippen molar-refractivity contribution in [3.63, 3.8) is 0 Å². The average Bonchev–Trinajstić information content (AvgIpc) is 2.05. The number of rotatable bonds is 0. The van der Waals surface area contributed by atoms with E-state index in [1.807, 2.05) is 11.5 Å². The number of hydrogen-bond donors (Lipinski definition) is 0. The molecule has 0 bridgehead atoms. The van der Waals surface area contributed by atoms with Crippen molar-refractivity contribution in [1.82, 2.24) is 10.2 Å². The zero-order valence-corrected chi connectivity index (χ0v) is 5.84. The quantitative estimate of drug-likeness (QED) is 0.527. The van der Waals surface area contributed by atoms with Crippen molar-refractivity contribution in [2.24, 2.45) is 0 Å². The first-order chi connectivity index (χ1) is 4.97. The Morgan fingerprint density at radius 3 is 3.40 bits per heavy atom. The van der Waals surface area contributed by atoms with Crippen LogP contribution in [0.1, 0.15) is 5.69 Å². The molecular weight excluding hydrogens is 148 g/mol. The summed E-state index contributed by atoms with van der Waals surface area (Å²) in [7, 11) is 0. The number of hydrogen-bond acceptors (Lipinski definition) is 4. The molecule has 3 nitrogen and oxygen atoms in total. The normalized spacial score (nSPS) is 14.0. The van der Waals surface area contributed by atoms with Gasteiger partial charge in [0.15, 0.2) is 5.75 Å². The van der Waals surface area contributed by atoms with Gasteiger partial charge in [0.2, 0.25) is 0 Å². The molecule has 0 unspecified atom stereocenters. The van der Waals surface area contributed by atoms with Gasteiger partial charge in [-0.25, -0.2) is 0 Å². The van der Waals surface area contributed by atoms with Crippen LogP contribution in [0, 0.1) is 0 Å². The van der Waals surface area contributed by atoms with Crippen molar-refractivity contribution < 1.29 is 4.18 Å². The second-order valence-electron chi connectivity index (χ2n) is 1.76. The molecule has 0 N–H and O–H groups in total. The molecule has 0 spiro atoms. The van der Waals surface area contributed by atoms with Crippen LogP contribution in [0.2, 0.25) is 0 Å². The van der Waals surface area contributed by atoms with Gasteiger partial charge in [-0.3, -0.25) is 0 Å². The predicted octanol–water partition coefficient (Wildman–Crippen LogP) is 1.49. The first kappa shape index (κ1) is 5.73. The molecule has 0 aliphatic carbocycles. The Labute approximate surface area is 62.3 Å². The summed E-state index contributed by atoms with van der Waals surface area (Å²) in [6, 6.07) is 1.79. The highest BCUT2D eigenvalue weighted by molar-refractivity contribution is 7.98. The third kappa shape index (κ3) is 0.863. The Hall–Kier alpha value is -1.03. The van der Waals surface area contributed by atoms with Gasteiger partial charge in [0.05, 0.1) is 18.2 Å². The van der Waals surface area contributed by atoms with Crippen molar-refractivity contribution in [2.45, 2.75) is 0 Å². The van der Waals surface area contributed by atoms with Crippen LogP contribution >= 0.6 is 12.0 Å². The fourth-order valence-electron chi connectivity index (χ4n) is 0.689. The van der Waals surface area contributed by atoms with Crippen molar-refractivity contribution in [3.8, 4) is 5.75 Å². The molecule has 4 heteroatoms. The van der Waals surface area contributed by atoms with Gasteiger partial charge in [0.1, 0.15) is 5.69 Å². The van der Waals surface area contributed by atoms with Crippen LogP contribution in [0.5, 0.6) is 5.75 Å². The topological polar surface area (TPSA) is 35.0 Å². The Morgan fingerprint density at radius 1 is 1.50 bits per heavy atom. The largest absolute Gasteiger partial charge is 0.419 e. The fourth-order valence-corrected chi connectivity index (χ4v) is 1.17. The van der Waals surface area contributed by atoms with E-state index in [9.17, 15) is 0 Å². The lowest BCUT2D eigenvalue weighted by Crippen LogP contribution is -1.92. The minimum atomic E-state index is 0.780. The van der Waals surface area contributed by atoms with Crippen LogP contribution in [0.4, 0.5) is 0 Å². The van der Waals surface area contributed by atoms with Crippen LogP contribution in [0.3, 0.4) is 0 Å². The molecule has 0 radical (unpaired) electrons. The zero-order chi connectivity index (χ0) is 6.81. The van der Waals surface area contributed by atoms with Crippen LogP contribution < -0.4 is 4.18 Å². The molecule has 0 aromatic carbocycles. The van der Waals surface area contributed by atoms with Crippen molar-refractivity contribution in [1.29, 1.82) is 0 Å².